The molecular formula is C44H29N3. The molecule has 7 aromatic carbocycles. The molecule has 220 valence electrons. The molecular weight excluding hydrogens is 571 g/mol. The molecule has 8 aromatic rings. The largest absolute Gasteiger partial charge is 0.295 e. The van der Waals surface area contributed by atoms with Gasteiger partial charge < -0.3 is 0 Å². The van der Waals surface area contributed by atoms with E-state index in [0.29, 0.717) is 11.5 Å². The molecule has 0 saturated heterocycles. The van der Waals surface area contributed by atoms with Crippen LogP contribution in [0.4, 0.5) is 17.2 Å². The number of hydrogen-bond donors (Lipinski definition) is 0. The minimum absolute atomic E-state index is 0.382. The highest BCUT2D eigenvalue weighted by Crippen LogP contribution is 2.44. The van der Waals surface area contributed by atoms with Gasteiger partial charge in [0.05, 0.1) is 0 Å². The molecule has 3 heteroatoms. The van der Waals surface area contributed by atoms with Crippen LogP contribution in [-0.4, -0.2) is 4.98 Å². The summed E-state index contributed by atoms with van der Waals surface area (Å²) >= 11 is 0. The molecule has 0 aliphatic heterocycles. The Morgan fingerprint density at radius 2 is 0.809 bits per heavy atom. The van der Waals surface area contributed by atoms with Gasteiger partial charge in [0.25, 0.3) is 0 Å². The third-order valence-electron chi connectivity index (χ3n) is 8.72. The van der Waals surface area contributed by atoms with Crippen LogP contribution in [-0.2, 0) is 0 Å². The Hall–Kier alpha value is -6.50. The summed E-state index contributed by atoms with van der Waals surface area (Å²) in [6.07, 6.45) is 0. The Bertz CT molecular complexity index is 2330. The van der Waals surface area contributed by atoms with Gasteiger partial charge in [0.15, 0.2) is 0 Å². The van der Waals surface area contributed by atoms with Gasteiger partial charge in [-0.15, -0.1) is 0 Å². The fourth-order valence-corrected chi connectivity index (χ4v) is 6.59. The number of rotatable bonds is 6. The van der Waals surface area contributed by atoms with Gasteiger partial charge in [-0.3, -0.25) is 4.90 Å². The number of hydrogen-bond acceptors (Lipinski definition) is 3. The van der Waals surface area contributed by atoms with E-state index in [1.54, 1.807) is 6.07 Å². The molecule has 0 N–H and O–H groups in total. The second kappa shape index (κ2) is 12.1. The number of benzene rings is 7. The number of nitrogens with zero attached hydrogens (tertiary/aromatic N) is 3. The third kappa shape index (κ3) is 5.19. The maximum absolute atomic E-state index is 9.54. The van der Waals surface area contributed by atoms with Crippen LogP contribution in [0.1, 0.15) is 5.69 Å². The van der Waals surface area contributed by atoms with Crippen molar-refractivity contribution >= 4 is 38.7 Å². The van der Waals surface area contributed by atoms with Crippen LogP contribution in [0, 0.1) is 11.3 Å². The zero-order valence-electron chi connectivity index (χ0n) is 25.6. The molecule has 3 nitrogen and oxygen atoms in total. The summed E-state index contributed by atoms with van der Waals surface area (Å²) in [6, 6.07) is 63.5. The van der Waals surface area contributed by atoms with Crippen LogP contribution in [0.2, 0.25) is 0 Å². The van der Waals surface area contributed by atoms with E-state index in [1.807, 2.05) is 30.3 Å². The first-order valence-corrected chi connectivity index (χ1v) is 15.7. The van der Waals surface area contributed by atoms with E-state index in [4.69, 9.17) is 0 Å². The van der Waals surface area contributed by atoms with Crippen molar-refractivity contribution in [1.29, 1.82) is 5.26 Å². The number of anilines is 3. The van der Waals surface area contributed by atoms with E-state index in [0.717, 1.165) is 16.9 Å². The second-order valence-corrected chi connectivity index (χ2v) is 11.5. The highest BCUT2D eigenvalue weighted by atomic mass is 15.2. The van der Waals surface area contributed by atoms with Crippen molar-refractivity contribution < 1.29 is 0 Å². The average Bonchev–Trinajstić information content (AvgIpc) is 3.15. The summed E-state index contributed by atoms with van der Waals surface area (Å²) in [5.74, 6) is 0.696. The Kier molecular flexibility index (Phi) is 7.22. The molecule has 1 aromatic heterocycles. The van der Waals surface area contributed by atoms with Crippen molar-refractivity contribution in [2.45, 2.75) is 0 Å². The van der Waals surface area contributed by atoms with E-state index in [-0.39, 0.29) is 0 Å². The molecule has 47 heavy (non-hydrogen) atoms. The smallest absolute Gasteiger partial charge is 0.142 e. The molecule has 0 aliphatic rings. The summed E-state index contributed by atoms with van der Waals surface area (Å²) in [5.41, 5.74) is 9.53. The minimum atomic E-state index is 0.382. The van der Waals surface area contributed by atoms with Crippen LogP contribution >= 0.6 is 0 Å². The van der Waals surface area contributed by atoms with Crippen LogP contribution in [0.5, 0.6) is 0 Å². The topological polar surface area (TPSA) is 39.9 Å². The van der Waals surface area contributed by atoms with Crippen molar-refractivity contribution in [2.75, 3.05) is 4.90 Å². The van der Waals surface area contributed by atoms with Crippen LogP contribution in [0.15, 0.2) is 176 Å². The van der Waals surface area contributed by atoms with Gasteiger partial charge in [0, 0.05) is 11.4 Å². The van der Waals surface area contributed by atoms with E-state index >= 15 is 0 Å². The summed E-state index contributed by atoms with van der Waals surface area (Å²) < 4.78 is 0. The molecule has 0 atom stereocenters. The molecule has 8 rings (SSSR count). The molecule has 0 radical (unpaired) electrons. The fourth-order valence-electron chi connectivity index (χ4n) is 6.59. The summed E-state index contributed by atoms with van der Waals surface area (Å²) in [4.78, 5) is 6.72. The van der Waals surface area contributed by atoms with Gasteiger partial charge in [-0.05, 0) is 91.3 Å². The van der Waals surface area contributed by atoms with Crippen molar-refractivity contribution in [3.05, 3.63) is 182 Å². The summed E-state index contributed by atoms with van der Waals surface area (Å²) in [6.45, 7) is 0. The van der Waals surface area contributed by atoms with Crippen LogP contribution in [0.3, 0.4) is 0 Å². The number of para-hydroxylation sites is 1. The van der Waals surface area contributed by atoms with Crippen LogP contribution in [0.25, 0.3) is 54.9 Å². The predicted molar refractivity (Wildman–Crippen MR) is 195 cm³/mol. The quantitative estimate of drug-likeness (QED) is 0.179. The zero-order valence-corrected chi connectivity index (χ0v) is 25.6. The summed E-state index contributed by atoms with van der Waals surface area (Å²) in [5, 5.41) is 14.4. The lowest BCUT2D eigenvalue weighted by atomic mass is 9.85. The highest BCUT2D eigenvalue weighted by Gasteiger charge is 2.18. The third-order valence-corrected chi connectivity index (χ3v) is 8.72. The number of aromatic nitrogens is 1. The Morgan fingerprint density at radius 1 is 0.383 bits per heavy atom. The van der Waals surface area contributed by atoms with E-state index in [1.165, 1.54) is 49.4 Å². The van der Waals surface area contributed by atoms with E-state index in [9.17, 15) is 5.26 Å². The van der Waals surface area contributed by atoms with Gasteiger partial charge in [-0.1, -0.05) is 140 Å². The first kappa shape index (κ1) is 28.0. The first-order valence-electron chi connectivity index (χ1n) is 15.7. The van der Waals surface area contributed by atoms with Crippen molar-refractivity contribution in [3.8, 4) is 39.4 Å². The zero-order chi connectivity index (χ0) is 31.6. The Morgan fingerprint density at radius 3 is 1.34 bits per heavy atom. The molecule has 0 amide bonds. The molecule has 0 saturated carbocycles. The molecule has 0 spiro atoms. The lowest BCUT2D eigenvalue weighted by Crippen LogP contribution is -2.11. The van der Waals surface area contributed by atoms with Gasteiger partial charge in [-0.25, -0.2) is 4.98 Å². The molecule has 0 bridgehead atoms. The normalized spacial score (nSPS) is 11.0. The second-order valence-electron chi connectivity index (χ2n) is 11.5. The standard InChI is InChI=1S/C44H29N3/c45-30-35-14-11-21-42(46-35)47(36-15-5-2-6-16-36)37-28-26-34(27-29-37)44-40-19-9-7-17-38(40)43(39-18-8-10-20-41(39)44)33-24-22-32(23-25-33)31-12-3-1-4-13-31/h1-29H. The lowest BCUT2D eigenvalue weighted by Gasteiger charge is -2.25. The van der Waals surface area contributed by atoms with Crippen molar-refractivity contribution in [3.63, 3.8) is 0 Å². The predicted octanol–water partition coefficient (Wildman–Crippen LogP) is 11.7. The Balaban J connectivity index is 1.27. The van der Waals surface area contributed by atoms with Gasteiger partial charge in [-0.2, -0.15) is 5.26 Å². The first-order chi connectivity index (χ1) is 23.3. The van der Waals surface area contributed by atoms with E-state index < -0.39 is 0 Å². The van der Waals surface area contributed by atoms with Gasteiger partial charge in [0.2, 0.25) is 0 Å². The van der Waals surface area contributed by atoms with Gasteiger partial charge >= 0.3 is 0 Å². The fraction of sp³-hybridized carbons (Fsp3) is 0. The molecule has 0 unspecified atom stereocenters. The molecule has 0 aliphatic carbocycles. The summed E-state index contributed by atoms with van der Waals surface area (Å²) in [7, 11) is 0. The minimum Gasteiger partial charge on any atom is -0.295 e. The van der Waals surface area contributed by atoms with E-state index in [2.05, 4.69) is 155 Å². The molecule has 1 heterocycles. The number of pyridine rings is 1. The maximum atomic E-state index is 9.54. The number of fused-ring (bicyclic) bond motifs is 2. The average molecular weight is 600 g/mol. The van der Waals surface area contributed by atoms with Crippen LogP contribution < -0.4 is 4.90 Å². The van der Waals surface area contributed by atoms with Crippen molar-refractivity contribution in [2.24, 2.45) is 0 Å². The lowest BCUT2D eigenvalue weighted by molar-refractivity contribution is 1.16. The maximum Gasteiger partial charge on any atom is 0.142 e. The van der Waals surface area contributed by atoms with Gasteiger partial charge in [0.1, 0.15) is 17.6 Å². The number of nitriles is 1. The Labute approximate surface area is 274 Å². The van der Waals surface area contributed by atoms with Crippen molar-refractivity contribution in [1.82, 2.24) is 4.98 Å². The molecule has 0 fully saturated rings. The SMILES string of the molecule is N#Cc1cccc(N(c2ccccc2)c2ccc(-c3c4ccccc4c(-c4ccc(-c5ccccc5)cc4)c4ccccc34)cc2)n1. The monoisotopic (exact) mass is 599 g/mol. The highest BCUT2D eigenvalue weighted by molar-refractivity contribution is 6.21.